The molecular weight excluding hydrogens is 168 g/mol. The van der Waals surface area contributed by atoms with Crippen molar-refractivity contribution in [3.8, 4) is 0 Å². The van der Waals surface area contributed by atoms with Crippen molar-refractivity contribution in [3.05, 3.63) is 31.7 Å². The van der Waals surface area contributed by atoms with Crippen LogP contribution in [-0.4, -0.2) is 0 Å². The molecule has 0 saturated carbocycles. The Morgan fingerprint density at radius 2 is 2.29 bits per heavy atom. The van der Waals surface area contributed by atoms with Gasteiger partial charge >= 0.3 is 21.1 Å². The van der Waals surface area contributed by atoms with Gasteiger partial charge in [-0.25, -0.2) is 12.2 Å². The first kappa shape index (κ1) is 10.2. The van der Waals surface area contributed by atoms with Gasteiger partial charge in [0.25, 0.3) is 0 Å². The first-order valence-electron chi connectivity index (χ1n) is 1.72. The van der Waals surface area contributed by atoms with Crippen LogP contribution in [0.3, 0.4) is 0 Å². The Balaban J connectivity index is -0.0000000312. The summed E-state index contributed by atoms with van der Waals surface area (Å²) in [6, 6.07) is 0. The van der Waals surface area contributed by atoms with Gasteiger partial charge in [-0.3, -0.25) is 6.08 Å². The van der Waals surface area contributed by atoms with Crippen LogP contribution in [-0.2, 0) is 21.1 Å². The molecule has 0 unspecified atom stereocenters. The molecule has 1 aliphatic rings. The van der Waals surface area contributed by atoms with Crippen molar-refractivity contribution in [2.24, 2.45) is 0 Å². The van der Waals surface area contributed by atoms with Gasteiger partial charge in [0, 0.05) is 0 Å². The number of rotatable bonds is 0. The van der Waals surface area contributed by atoms with Crippen LogP contribution in [0.2, 0.25) is 0 Å². The van der Waals surface area contributed by atoms with Crippen LogP contribution in [0.15, 0.2) is 18.2 Å². The molecule has 1 heteroatoms. The Kier molecular flexibility index (Phi) is 9.00. The second-order valence-electron chi connectivity index (χ2n) is 1.00. The van der Waals surface area contributed by atoms with E-state index in [9.17, 15) is 0 Å². The monoisotopic (exact) mass is 180 g/mol. The molecule has 0 radical (unpaired) electrons. The van der Waals surface area contributed by atoms with Gasteiger partial charge in [0.15, 0.2) is 0 Å². The van der Waals surface area contributed by atoms with E-state index >= 15 is 0 Å². The van der Waals surface area contributed by atoms with Gasteiger partial charge < -0.3 is 10.3 Å². The molecule has 0 spiro atoms. The van der Waals surface area contributed by atoms with Crippen molar-refractivity contribution in [3.63, 3.8) is 0 Å². The Labute approximate surface area is 62.5 Å². The molecule has 0 aromatic heterocycles. The van der Waals surface area contributed by atoms with Gasteiger partial charge in [0.1, 0.15) is 0 Å². The maximum absolute atomic E-state index is 2.99. The van der Waals surface area contributed by atoms with Crippen LogP contribution < -0.4 is 0 Å². The molecule has 0 fully saturated rings. The van der Waals surface area contributed by atoms with Gasteiger partial charge in [0.05, 0.1) is 0 Å². The minimum atomic E-state index is 0. The van der Waals surface area contributed by atoms with Gasteiger partial charge in [-0.15, -0.1) is 6.42 Å². The van der Waals surface area contributed by atoms with Crippen molar-refractivity contribution < 1.29 is 23.9 Å². The molecule has 0 aromatic rings. The van der Waals surface area contributed by atoms with E-state index in [0.29, 0.717) is 0 Å². The fraction of sp³-hybridized carbons (Fsp3) is 0.167. The summed E-state index contributed by atoms with van der Waals surface area (Å²) in [6.07, 6.45) is 10.0. The normalized spacial score (nSPS) is 12.6. The zero-order valence-electron chi connectivity index (χ0n) is 6.35. The van der Waals surface area contributed by atoms with E-state index in [-0.39, 0.29) is 31.3 Å². The average Bonchev–Trinajstić information content (AvgIpc) is 1.76. The Morgan fingerprint density at radius 3 is 2.43 bits per heavy atom. The SMILES string of the molecule is [C-]1=CC=CC1.[CH3-].[H-].[H-].[Mo+2]. The number of hydrogen-bond donors (Lipinski definition) is 0. The van der Waals surface area contributed by atoms with Crippen LogP contribution in [0.5, 0.6) is 0 Å². The number of allylic oxidation sites excluding steroid dienone is 4. The third-order valence-electron chi connectivity index (χ3n) is 0.586. The van der Waals surface area contributed by atoms with Gasteiger partial charge in [-0.2, -0.15) is 6.08 Å². The standard InChI is InChI=1S/C5H5.CH3.Mo.2H/c1-2-4-5-3-1;;;;/h1-3H,4H2;1H3;;;/q2*-1;+2;2*-1. The summed E-state index contributed by atoms with van der Waals surface area (Å²) >= 11 is 0. The van der Waals surface area contributed by atoms with Crippen LogP contribution >= 0.6 is 0 Å². The van der Waals surface area contributed by atoms with E-state index in [2.05, 4.69) is 12.2 Å². The zero-order valence-corrected chi connectivity index (χ0v) is 6.35. The van der Waals surface area contributed by atoms with Crippen molar-refractivity contribution in [1.82, 2.24) is 0 Å². The summed E-state index contributed by atoms with van der Waals surface area (Å²) in [6.45, 7) is 0. The van der Waals surface area contributed by atoms with E-state index in [1.54, 1.807) is 0 Å². The number of hydrogen-bond acceptors (Lipinski definition) is 0. The first-order valence-corrected chi connectivity index (χ1v) is 1.72. The molecule has 0 aliphatic heterocycles. The van der Waals surface area contributed by atoms with Gasteiger partial charge in [-0.1, -0.05) is 0 Å². The van der Waals surface area contributed by atoms with E-state index in [0.717, 1.165) is 6.42 Å². The van der Waals surface area contributed by atoms with Crippen LogP contribution in [0.1, 0.15) is 9.27 Å². The summed E-state index contributed by atoms with van der Waals surface area (Å²) in [7, 11) is 0. The minimum Gasteiger partial charge on any atom is -1.00 e. The maximum Gasteiger partial charge on any atom is 2.00 e. The molecule has 0 nitrogen and oxygen atoms in total. The predicted octanol–water partition coefficient (Wildman–Crippen LogP) is 1.98. The molecule has 7 heavy (non-hydrogen) atoms. The van der Waals surface area contributed by atoms with E-state index in [4.69, 9.17) is 0 Å². The molecular formula is C6H10Mo-2. The van der Waals surface area contributed by atoms with E-state index in [1.165, 1.54) is 0 Å². The molecule has 1 aliphatic carbocycles. The fourth-order valence-electron chi connectivity index (χ4n) is 0.340. The first-order chi connectivity index (χ1) is 2.50. The van der Waals surface area contributed by atoms with Crippen LogP contribution in [0.25, 0.3) is 0 Å². The van der Waals surface area contributed by atoms with Crippen molar-refractivity contribution in [1.29, 1.82) is 0 Å². The van der Waals surface area contributed by atoms with Gasteiger partial charge in [0.2, 0.25) is 0 Å². The average molecular weight is 178 g/mol. The smallest absolute Gasteiger partial charge is 1.00 e. The zero-order chi connectivity index (χ0) is 3.54. The second-order valence-corrected chi connectivity index (χ2v) is 1.00. The Morgan fingerprint density at radius 1 is 1.57 bits per heavy atom. The Hall–Kier alpha value is 0.168. The molecule has 0 heterocycles. The maximum atomic E-state index is 2.99. The summed E-state index contributed by atoms with van der Waals surface area (Å²) in [5.41, 5.74) is 0. The molecule has 0 aromatic carbocycles. The van der Waals surface area contributed by atoms with Crippen molar-refractivity contribution in [2.45, 2.75) is 6.42 Å². The molecule has 0 atom stereocenters. The fourth-order valence-corrected chi connectivity index (χ4v) is 0.340. The summed E-state index contributed by atoms with van der Waals surface area (Å²) in [5, 5.41) is 0. The quantitative estimate of drug-likeness (QED) is 0.393. The molecule has 0 amide bonds. The molecule has 0 saturated heterocycles. The largest absolute Gasteiger partial charge is 2.00 e. The van der Waals surface area contributed by atoms with Crippen molar-refractivity contribution >= 4 is 0 Å². The second kappa shape index (κ2) is 6.17. The molecule has 1 rings (SSSR count). The minimum absolute atomic E-state index is 0. The summed E-state index contributed by atoms with van der Waals surface area (Å²) < 4.78 is 0. The van der Waals surface area contributed by atoms with E-state index < -0.39 is 0 Å². The molecule has 42 valence electrons. The Bertz CT molecular complexity index is 69.1. The van der Waals surface area contributed by atoms with Crippen LogP contribution in [0.4, 0.5) is 0 Å². The topological polar surface area (TPSA) is 0 Å². The van der Waals surface area contributed by atoms with Crippen LogP contribution in [0, 0.1) is 13.5 Å². The van der Waals surface area contributed by atoms with Crippen molar-refractivity contribution in [2.75, 3.05) is 0 Å². The van der Waals surface area contributed by atoms with E-state index in [1.807, 2.05) is 12.2 Å². The molecule has 0 N–H and O–H groups in total. The summed E-state index contributed by atoms with van der Waals surface area (Å²) in [4.78, 5) is 0. The summed E-state index contributed by atoms with van der Waals surface area (Å²) in [5.74, 6) is 0. The third kappa shape index (κ3) is 4.01. The predicted molar refractivity (Wildman–Crippen MR) is 30.2 cm³/mol. The van der Waals surface area contributed by atoms with Gasteiger partial charge in [-0.05, 0) is 0 Å². The molecule has 0 bridgehead atoms. The third-order valence-corrected chi connectivity index (χ3v) is 0.586.